The molecule has 7 heteroatoms. The zero-order chi connectivity index (χ0) is 20.0. The highest BCUT2D eigenvalue weighted by Crippen LogP contribution is 2.48. The molecule has 1 atom stereocenters. The third-order valence-corrected chi connectivity index (χ3v) is 5.82. The minimum atomic E-state index is -0.191. The van der Waals surface area contributed by atoms with Crippen LogP contribution >= 0.6 is 24.0 Å². The lowest BCUT2D eigenvalue weighted by molar-refractivity contribution is -0.132. The largest absolute Gasteiger partial charge is 0.357 e. The van der Waals surface area contributed by atoms with Crippen LogP contribution in [0.1, 0.15) is 51.5 Å². The molecular weight excluding hydrogens is 482 g/mol. The van der Waals surface area contributed by atoms with Crippen molar-refractivity contribution in [2.75, 3.05) is 32.7 Å². The summed E-state index contributed by atoms with van der Waals surface area (Å²) >= 11 is 0. The van der Waals surface area contributed by atoms with Gasteiger partial charge in [0.1, 0.15) is 5.82 Å². The van der Waals surface area contributed by atoms with Gasteiger partial charge in [0.2, 0.25) is 5.91 Å². The first-order valence-electron chi connectivity index (χ1n) is 10.6. The number of amides is 1. The van der Waals surface area contributed by atoms with Gasteiger partial charge < -0.3 is 15.5 Å². The van der Waals surface area contributed by atoms with Crippen molar-refractivity contribution in [1.82, 2.24) is 15.5 Å². The maximum absolute atomic E-state index is 13.6. The number of aliphatic imine (C=N–C) groups is 1. The number of guanidine groups is 1. The number of carbonyl (C=O) groups excluding carboxylic acids is 1. The molecular formula is C22H34FIN4O. The van der Waals surface area contributed by atoms with Crippen LogP contribution in [0.5, 0.6) is 0 Å². The van der Waals surface area contributed by atoms with Crippen LogP contribution in [0.25, 0.3) is 0 Å². The van der Waals surface area contributed by atoms with E-state index in [9.17, 15) is 9.18 Å². The van der Waals surface area contributed by atoms with E-state index in [1.54, 1.807) is 12.1 Å². The minimum Gasteiger partial charge on any atom is -0.357 e. The Kier molecular flexibility index (Phi) is 9.17. The minimum absolute atomic E-state index is 0. The molecule has 3 rings (SSSR count). The van der Waals surface area contributed by atoms with E-state index >= 15 is 0 Å². The van der Waals surface area contributed by atoms with Gasteiger partial charge in [-0.1, -0.05) is 19.1 Å². The van der Waals surface area contributed by atoms with Gasteiger partial charge in [-0.25, -0.2) is 4.39 Å². The molecule has 162 valence electrons. The van der Waals surface area contributed by atoms with Crippen molar-refractivity contribution in [3.8, 4) is 0 Å². The van der Waals surface area contributed by atoms with E-state index in [1.807, 2.05) is 17.9 Å². The number of nitrogens with one attached hydrogen (secondary N) is 2. The molecule has 1 unspecified atom stereocenters. The van der Waals surface area contributed by atoms with Crippen LogP contribution in [0.4, 0.5) is 4.39 Å². The summed E-state index contributed by atoms with van der Waals surface area (Å²) in [5.74, 6) is 1.35. The summed E-state index contributed by atoms with van der Waals surface area (Å²) < 4.78 is 13.6. The van der Waals surface area contributed by atoms with Gasteiger partial charge in [-0.2, -0.15) is 0 Å². The Balaban J connectivity index is 0.00000300. The first-order chi connectivity index (χ1) is 13.5. The van der Waals surface area contributed by atoms with Crippen molar-refractivity contribution in [3.05, 3.63) is 35.6 Å². The molecule has 29 heavy (non-hydrogen) atoms. The van der Waals surface area contributed by atoms with Gasteiger partial charge in [0.25, 0.3) is 0 Å². The Bertz CT molecular complexity index is 708. The number of likely N-dealkylation sites (tertiary alicyclic amines) is 1. The molecule has 1 aliphatic carbocycles. The molecule has 0 bridgehead atoms. The average Bonchev–Trinajstić information content (AvgIpc) is 3.47. The quantitative estimate of drug-likeness (QED) is 0.331. The third kappa shape index (κ3) is 6.83. The molecule has 5 nitrogen and oxygen atoms in total. The Morgan fingerprint density at radius 1 is 1.34 bits per heavy atom. The van der Waals surface area contributed by atoms with E-state index in [1.165, 1.54) is 12.5 Å². The second-order valence-electron chi connectivity index (χ2n) is 8.25. The second kappa shape index (κ2) is 11.1. The molecule has 1 amide bonds. The number of halogens is 2. The van der Waals surface area contributed by atoms with E-state index < -0.39 is 0 Å². The molecule has 1 aliphatic heterocycles. The molecule has 0 spiro atoms. The van der Waals surface area contributed by atoms with Gasteiger partial charge in [-0.3, -0.25) is 9.79 Å². The van der Waals surface area contributed by atoms with Crippen LogP contribution in [0.15, 0.2) is 29.3 Å². The summed E-state index contributed by atoms with van der Waals surface area (Å²) in [7, 11) is 0. The molecule has 1 heterocycles. The van der Waals surface area contributed by atoms with Crippen LogP contribution in [-0.2, 0) is 10.2 Å². The van der Waals surface area contributed by atoms with E-state index in [0.29, 0.717) is 25.4 Å². The molecule has 2 fully saturated rings. The molecule has 1 saturated carbocycles. The molecule has 1 aromatic carbocycles. The Morgan fingerprint density at radius 2 is 2.14 bits per heavy atom. The number of piperidine rings is 1. The van der Waals surface area contributed by atoms with Crippen LogP contribution in [-0.4, -0.2) is 49.5 Å². The Labute approximate surface area is 190 Å². The average molecular weight is 516 g/mol. The molecule has 2 aliphatic rings. The van der Waals surface area contributed by atoms with Gasteiger partial charge >= 0.3 is 0 Å². The van der Waals surface area contributed by atoms with Crippen LogP contribution in [0, 0.1) is 11.7 Å². The SMILES string of the molecule is CCNC(=NCC1(c2cccc(F)c2)CC1)NCCC(=O)N1CCCC(C)C1.I. The number of carbonyl (C=O) groups is 1. The topological polar surface area (TPSA) is 56.7 Å². The van der Waals surface area contributed by atoms with Crippen molar-refractivity contribution < 1.29 is 9.18 Å². The maximum Gasteiger partial charge on any atom is 0.224 e. The summed E-state index contributed by atoms with van der Waals surface area (Å²) in [4.78, 5) is 19.1. The number of hydrogen-bond donors (Lipinski definition) is 2. The predicted octanol–water partition coefficient (Wildman–Crippen LogP) is 3.68. The first-order valence-corrected chi connectivity index (χ1v) is 10.6. The summed E-state index contributed by atoms with van der Waals surface area (Å²) in [6.45, 7) is 7.95. The van der Waals surface area contributed by atoms with Gasteiger partial charge in [-0.05, 0) is 56.2 Å². The van der Waals surface area contributed by atoms with Crippen molar-refractivity contribution in [3.63, 3.8) is 0 Å². The van der Waals surface area contributed by atoms with Gasteiger partial charge in [0.05, 0.1) is 6.54 Å². The van der Waals surface area contributed by atoms with Gasteiger partial charge in [-0.15, -0.1) is 24.0 Å². The van der Waals surface area contributed by atoms with Crippen molar-refractivity contribution in [2.24, 2.45) is 10.9 Å². The van der Waals surface area contributed by atoms with Crippen LogP contribution in [0.3, 0.4) is 0 Å². The van der Waals surface area contributed by atoms with Gasteiger partial charge in [0.15, 0.2) is 5.96 Å². The van der Waals surface area contributed by atoms with Gasteiger partial charge in [0, 0.05) is 38.0 Å². The standard InChI is InChI=1S/C22H33FN4O.HI/c1-3-24-21(25-12-9-20(28)27-13-5-6-17(2)15-27)26-16-22(10-11-22)18-7-4-8-19(23)14-18;/h4,7-8,14,17H,3,5-6,9-13,15-16H2,1-2H3,(H2,24,25,26);1H. The maximum atomic E-state index is 13.6. The smallest absolute Gasteiger partial charge is 0.224 e. The highest BCUT2D eigenvalue weighted by atomic mass is 127. The van der Waals surface area contributed by atoms with Crippen molar-refractivity contribution >= 4 is 35.8 Å². The normalized spacial score (nSPS) is 20.6. The summed E-state index contributed by atoms with van der Waals surface area (Å²) in [5, 5.41) is 6.53. The van der Waals surface area contributed by atoms with E-state index in [4.69, 9.17) is 4.99 Å². The number of hydrogen-bond acceptors (Lipinski definition) is 2. The van der Waals surface area contributed by atoms with Crippen LogP contribution in [0.2, 0.25) is 0 Å². The third-order valence-electron chi connectivity index (χ3n) is 5.82. The molecule has 2 N–H and O–H groups in total. The molecule has 0 radical (unpaired) electrons. The molecule has 1 aromatic rings. The first kappa shape index (κ1) is 23.9. The highest BCUT2D eigenvalue weighted by molar-refractivity contribution is 14.0. The predicted molar refractivity (Wildman–Crippen MR) is 126 cm³/mol. The lowest BCUT2D eigenvalue weighted by atomic mass is 9.96. The summed E-state index contributed by atoms with van der Waals surface area (Å²) in [6, 6.07) is 6.87. The summed E-state index contributed by atoms with van der Waals surface area (Å²) in [5.41, 5.74) is 0.992. The van der Waals surface area contributed by atoms with Crippen molar-refractivity contribution in [2.45, 2.75) is 51.4 Å². The Morgan fingerprint density at radius 3 is 2.79 bits per heavy atom. The van der Waals surface area contributed by atoms with E-state index in [0.717, 1.165) is 50.4 Å². The molecule has 1 saturated heterocycles. The lowest BCUT2D eigenvalue weighted by Crippen LogP contribution is -2.42. The highest BCUT2D eigenvalue weighted by Gasteiger charge is 2.44. The van der Waals surface area contributed by atoms with E-state index in [-0.39, 0.29) is 41.1 Å². The number of benzene rings is 1. The fraction of sp³-hybridized carbons (Fsp3) is 0.636. The van der Waals surface area contributed by atoms with Crippen LogP contribution < -0.4 is 10.6 Å². The number of nitrogens with zero attached hydrogens (tertiary/aromatic N) is 2. The monoisotopic (exact) mass is 516 g/mol. The zero-order valence-corrected chi connectivity index (χ0v) is 19.9. The number of rotatable bonds is 7. The lowest BCUT2D eigenvalue weighted by Gasteiger charge is -2.31. The summed E-state index contributed by atoms with van der Waals surface area (Å²) in [6.07, 6.45) is 4.86. The Hall–Kier alpha value is -1.38. The van der Waals surface area contributed by atoms with Crippen molar-refractivity contribution in [1.29, 1.82) is 0 Å². The second-order valence-corrected chi connectivity index (χ2v) is 8.25. The molecule has 0 aromatic heterocycles. The fourth-order valence-corrected chi connectivity index (χ4v) is 3.94. The van der Waals surface area contributed by atoms with E-state index in [2.05, 4.69) is 17.6 Å². The fourth-order valence-electron chi connectivity index (χ4n) is 3.94. The zero-order valence-electron chi connectivity index (χ0n) is 17.5.